The van der Waals surface area contributed by atoms with Crippen molar-refractivity contribution in [2.24, 2.45) is 0 Å². The number of para-hydroxylation sites is 1. The van der Waals surface area contributed by atoms with Crippen molar-refractivity contribution in [3.05, 3.63) is 40.6 Å². The van der Waals surface area contributed by atoms with Gasteiger partial charge in [0.25, 0.3) is 0 Å². The summed E-state index contributed by atoms with van der Waals surface area (Å²) in [4.78, 5) is 0. The third-order valence-electron chi connectivity index (χ3n) is 3.97. The molecule has 112 valence electrons. The Kier molecular flexibility index (Phi) is 4.48. The third kappa shape index (κ3) is 3.40. The molecule has 1 heterocycles. The van der Waals surface area contributed by atoms with Crippen LogP contribution in [0.25, 0.3) is 0 Å². The smallest absolute Gasteiger partial charge is 0.156 e. The van der Waals surface area contributed by atoms with Gasteiger partial charge in [-0.1, -0.05) is 25.3 Å². The summed E-state index contributed by atoms with van der Waals surface area (Å²) in [6, 6.07) is 8.24. The van der Waals surface area contributed by atoms with Crippen LogP contribution in [0.3, 0.4) is 0 Å². The van der Waals surface area contributed by atoms with Crippen molar-refractivity contribution in [3.8, 4) is 5.75 Å². The molecule has 1 aliphatic rings. The van der Waals surface area contributed by atoms with Gasteiger partial charge in [0.2, 0.25) is 0 Å². The summed E-state index contributed by atoms with van der Waals surface area (Å²) in [5, 5.41) is 4.64. The average Bonchev–Trinajstić information content (AvgIpc) is 2.97. The summed E-state index contributed by atoms with van der Waals surface area (Å²) in [7, 11) is 0. The molecule has 1 fully saturated rings. The van der Waals surface area contributed by atoms with Gasteiger partial charge in [-0.25, -0.2) is 0 Å². The molecular weight excluding hydrogens is 330 g/mol. The second-order valence-corrected chi connectivity index (χ2v) is 6.38. The van der Waals surface area contributed by atoms with Crippen molar-refractivity contribution in [3.63, 3.8) is 0 Å². The van der Waals surface area contributed by atoms with Gasteiger partial charge in [0, 0.05) is 6.20 Å². The van der Waals surface area contributed by atoms with Crippen LogP contribution >= 0.6 is 15.9 Å². The zero-order valence-electron chi connectivity index (χ0n) is 12.0. The molecule has 1 saturated carbocycles. The molecule has 1 aliphatic carbocycles. The van der Waals surface area contributed by atoms with Crippen LogP contribution in [0.1, 0.15) is 43.8 Å². The summed E-state index contributed by atoms with van der Waals surface area (Å²) in [5.41, 5.74) is 7.50. The van der Waals surface area contributed by atoms with Crippen molar-refractivity contribution in [2.75, 3.05) is 5.73 Å². The Hall–Kier alpha value is -1.49. The van der Waals surface area contributed by atoms with Crippen molar-refractivity contribution in [1.82, 2.24) is 9.78 Å². The maximum absolute atomic E-state index is 5.93. The van der Waals surface area contributed by atoms with Gasteiger partial charge in [-0.2, -0.15) is 5.10 Å². The minimum Gasteiger partial charge on any atom is -0.484 e. The molecule has 2 N–H and O–H groups in total. The Labute approximate surface area is 133 Å². The van der Waals surface area contributed by atoms with E-state index in [2.05, 4.69) is 31.9 Å². The Morgan fingerprint density at radius 3 is 2.81 bits per heavy atom. The number of halogens is 1. The van der Waals surface area contributed by atoms with Crippen LogP contribution in [0.4, 0.5) is 5.69 Å². The zero-order chi connectivity index (χ0) is 14.7. The van der Waals surface area contributed by atoms with E-state index in [9.17, 15) is 0 Å². The fourth-order valence-corrected chi connectivity index (χ4v) is 3.32. The highest BCUT2D eigenvalue weighted by atomic mass is 79.9. The van der Waals surface area contributed by atoms with Crippen LogP contribution in [0.2, 0.25) is 0 Å². The maximum atomic E-state index is 5.93. The van der Waals surface area contributed by atoms with Crippen LogP contribution < -0.4 is 10.5 Å². The predicted octanol–water partition coefficient (Wildman–Crippen LogP) is 4.31. The van der Waals surface area contributed by atoms with Gasteiger partial charge in [0.1, 0.15) is 6.61 Å². The first kappa shape index (κ1) is 14.4. The zero-order valence-corrected chi connectivity index (χ0v) is 13.6. The molecule has 0 spiro atoms. The number of nitrogen functional groups attached to an aromatic ring is 1. The lowest BCUT2D eigenvalue weighted by Gasteiger charge is -2.21. The SMILES string of the molecule is Nc1cccc(Br)c1OCc1ccn(C2CCCCC2)n1. The standard InChI is InChI=1S/C16H20BrN3O/c17-14-7-4-8-15(18)16(14)21-11-12-9-10-20(19-12)13-5-2-1-3-6-13/h4,7-10,13H,1-3,5-6,11,18H2. The summed E-state index contributed by atoms with van der Waals surface area (Å²) in [6.07, 6.45) is 8.51. The monoisotopic (exact) mass is 349 g/mol. The Balaban J connectivity index is 1.64. The summed E-state index contributed by atoms with van der Waals surface area (Å²) in [6.45, 7) is 0.437. The highest BCUT2D eigenvalue weighted by Gasteiger charge is 2.16. The van der Waals surface area contributed by atoms with Crippen molar-refractivity contribution >= 4 is 21.6 Å². The van der Waals surface area contributed by atoms with Gasteiger partial charge in [-0.3, -0.25) is 4.68 Å². The van der Waals surface area contributed by atoms with Crippen LogP contribution in [0.15, 0.2) is 34.9 Å². The first-order valence-corrected chi connectivity index (χ1v) is 8.24. The quantitative estimate of drug-likeness (QED) is 0.836. The Morgan fingerprint density at radius 1 is 1.24 bits per heavy atom. The molecule has 0 unspecified atom stereocenters. The van der Waals surface area contributed by atoms with E-state index in [1.165, 1.54) is 32.1 Å². The van der Waals surface area contributed by atoms with Crippen LogP contribution in [-0.4, -0.2) is 9.78 Å². The normalized spacial score (nSPS) is 16.0. The number of rotatable bonds is 4. The molecule has 0 aliphatic heterocycles. The molecule has 3 rings (SSSR count). The second kappa shape index (κ2) is 6.52. The minimum absolute atomic E-state index is 0.437. The molecule has 0 bridgehead atoms. The van der Waals surface area contributed by atoms with Crippen molar-refractivity contribution < 1.29 is 4.74 Å². The average molecular weight is 350 g/mol. The number of ether oxygens (including phenoxy) is 1. The molecule has 2 aromatic rings. The minimum atomic E-state index is 0.437. The largest absolute Gasteiger partial charge is 0.484 e. The second-order valence-electron chi connectivity index (χ2n) is 5.53. The van der Waals surface area contributed by atoms with Crippen molar-refractivity contribution in [1.29, 1.82) is 0 Å². The predicted molar refractivity (Wildman–Crippen MR) is 87.2 cm³/mol. The molecule has 1 aromatic carbocycles. The van der Waals surface area contributed by atoms with E-state index >= 15 is 0 Å². The lowest BCUT2D eigenvalue weighted by molar-refractivity contribution is 0.291. The number of nitrogens with two attached hydrogens (primary N) is 1. The van der Waals surface area contributed by atoms with E-state index in [0.29, 0.717) is 24.1 Å². The number of hydrogen-bond donors (Lipinski definition) is 1. The highest BCUT2D eigenvalue weighted by Crippen LogP contribution is 2.32. The summed E-state index contributed by atoms with van der Waals surface area (Å²) < 4.78 is 8.77. The van der Waals surface area contributed by atoms with E-state index in [1.807, 2.05) is 24.3 Å². The van der Waals surface area contributed by atoms with Gasteiger partial charge < -0.3 is 10.5 Å². The van der Waals surface area contributed by atoms with E-state index in [0.717, 1.165) is 10.2 Å². The van der Waals surface area contributed by atoms with Gasteiger partial charge in [-0.05, 0) is 47.0 Å². The summed E-state index contributed by atoms with van der Waals surface area (Å²) >= 11 is 3.46. The maximum Gasteiger partial charge on any atom is 0.156 e. The molecule has 0 amide bonds. The van der Waals surface area contributed by atoms with E-state index in [1.54, 1.807) is 0 Å². The van der Waals surface area contributed by atoms with Crippen LogP contribution in [-0.2, 0) is 6.61 Å². The molecule has 1 aromatic heterocycles. The fourth-order valence-electron chi connectivity index (χ4n) is 2.83. The Bertz CT molecular complexity index is 585. The third-order valence-corrected chi connectivity index (χ3v) is 4.60. The van der Waals surface area contributed by atoms with Crippen LogP contribution in [0, 0.1) is 0 Å². The van der Waals surface area contributed by atoms with Gasteiger partial charge >= 0.3 is 0 Å². The number of benzene rings is 1. The molecule has 0 atom stereocenters. The lowest BCUT2D eigenvalue weighted by Crippen LogP contribution is -2.13. The lowest BCUT2D eigenvalue weighted by atomic mass is 9.96. The highest BCUT2D eigenvalue weighted by molar-refractivity contribution is 9.10. The topological polar surface area (TPSA) is 53.1 Å². The van der Waals surface area contributed by atoms with E-state index in [4.69, 9.17) is 10.5 Å². The number of hydrogen-bond acceptors (Lipinski definition) is 3. The molecule has 5 heteroatoms. The Morgan fingerprint density at radius 2 is 2.05 bits per heavy atom. The van der Waals surface area contributed by atoms with E-state index < -0.39 is 0 Å². The molecule has 0 radical (unpaired) electrons. The summed E-state index contributed by atoms with van der Waals surface area (Å²) in [5.74, 6) is 0.685. The van der Waals surface area contributed by atoms with Gasteiger partial charge in [-0.15, -0.1) is 0 Å². The number of nitrogens with zero attached hydrogens (tertiary/aromatic N) is 2. The van der Waals surface area contributed by atoms with Crippen LogP contribution in [0.5, 0.6) is 5.75 Å². The first-order chi connectivity index (χ1) is 10.2. The fraction of sp³-hybridized carbons (Fsp3) is 0.438. The van der Waals surface area contributed by atoms with E-state index in [-0.39, 0.29) is 0 Å². The molecule has 0 saturated heterocycles. The molecule has 21 heavy (non-hydrogen) atoms. The number of anilines is 1. The van der Waals surface area contributed by atoms with Gasteiger partial charge in [0.05, 0.1) is 21.9 Å². The van der Waals surface area contributed by atoms with Crippen molar-refractivity contribution in [2.45, 2.75) is 44.8 Å². The molecular formula is C16H20BrN3O. The van der Waals surface area contributed by atoms with Gasteiger partial charge in [0.15, 0.2) is 5.75 Å². The molecule has 4 nitrogen and oxygen atoms in total. The first-order valence-electron chi connectivity index (χ1n) is 7.45. The number of aromatic nitrogens is 2.